The van der Waals surface area contributed by atoms with Crippen LogP contribution < -0.4 is 4.90 Å². The normalized spacial score (nSPS) is 22.7. The standard InChI is InChI=1S/C14H16BrNO3/c1-8-4-5-12(11(15)6-8)16-9(2)10(7-13(16)17)14(18)19-3/h4-6,9-10H,7H2,1-3H3. The lowest BCUT2D eigenvalue weighted by molar-refractivity contribution is -0.146. The Kier molecular flexibility index (Phi) is 3.94. The van der Waals surface area contributed by atoms with Gasteiger partial charge in [0.15, 0.2) is 0 Å². The quantitative estimate of drug-likeness (QED) is 0.785. The van der Waals surface area contributed by atoms with Gasteiger partial charge in [0.1, 0.15) is 0 Å². The third kappa shape index (κ3) is 2.52. The third-order valence-corrected chi connectivity index (χ3v) is 4.15. The average Bonchev–Trinajstić information content (AvgIpc) is 2.65. The van der Waals surface area contributed by atoms with Crippen molar-refractivity contribution in [2.45, 2.75) is 26.3 Å². The number of hydrogen-bond acceptors (Lipinski definition) is 3. The summed E-state index contributed by atoms with van der Waals surface area (Å²) < 4.78 is 5.62. The number of rotatable bonds is 2. The van der Waals surface area contributed by atoms with Crippen molar-refractivity contribution in [2.24, 2.45) is 5.92 Å². The topological polar surface area (TPSA) is 46.6 Å². The molecule has 0 radical (unpaired) electrons. The van der Waals surface area contributed by atoms with Crippen LogP contribution in [0.4, 0.5) is 5.69 Å². The van der Waals surface area contributed by atoms with E-state index in [2.05, 4.69) is 15.9 Å². The number of benzene rings is 1. The van der Waals surface area contributed by atoms with Crippen molar-refractivity contribution >= 4 is 33.5 Å². The van der Waals surface area contributed by atoms with Gasteiger partial charge in [-0.1, -0.05) is 6.07 Å². The number of methoxy groups -OCH3 is 1. The van der Waals surface area contributed by atoms with Gasteiger partial charge < -0.3 is 9.64 Å². The summed E-state index contributed by atoms with van der Waals surface area (Å²) in [4.78, 5) is 25.5. The SMILES string of the molecule is COC(=O)C1CC(=O)N(c2ccc(C)cc2Br)C1C. The van der Waals surface area contributed by atoms with E-state index in [4.69, 9.17) is 4.74 Å². The number of halogens is 1. The van der Waals surface area contributed by atoms with Gasteiger partial charge in [-0.3, -0.25) is 9.59 Å². The minimum absolute atomic E-state index is 0.0487. The monoisotopic (exact) mass is 325 g/mol. The molecule has 1 aliphatic rings. The van der Waals surface area contributed by atoms with E-state index in [0.29, 0.717) is 0 Å². The van der Waals surface area contributed by atoms with Gasteiger partial charge in [-0.05, 0) is 47.5 Å². The van der Waals surface area contributed by atoms with E-state index in [1.54, 1.807) is 4.90 Å². The second-order valence-corrected chi connectivity index (χ2v) is 5.65. The van der Waals surface area contributed by atoms with E-state index in [0.717, 1.165) is 15.7 Å². The molecule has 0 bridgehead atoms. The first kappa shape index (κ1) is 14.1. The molecule has 1 aromatic carbocycles. The van der Waals surface area contributed by atoms with Gasteiger partial charge in [0.25, 0.3) is 0 Å². The number of anilines is 1. The van der Waals surface area contributed by atoms with Crippen molar-refractivity contribution in [3.8, 4) is 0 Å². The van der Waals surface area contributed by atoms with Crippen LogP contribution in [0.25, 0.3) is 0 Å². The zero-order valence-electron chi connectivity index (χ0n) is 11.1. The Hall–Kier alpha value is -1.36. The Labute approximate surface area is 120 Å². The maximum absolute atomic E-state index is 12.2. The lowest BCUT2D eigenvalue weighted by Gasteiger charge is -2.25. The molecule has 2 atom stereocenters. The summed E-state index contributed by atoms with van der Waals surface area (Å²) in [6.07, 6.45) is 0.203. The molecule has 0 aliphatic carbocycles. The summed E-state index contributed by atoms with van der Waals surface area (Å²) >= 11 is 3.48. The summed E-state index contributed by atoms with van der Waals surface area (Å²) in [6.45, 7) is 3.86. The van der Waals surface area contributed by atoms with Gasteiger partial charge in [0.2, 0.25) is 5.91 Å². The average molecular weight is 326 g/mol. The van der Waals surface area contributed by atoms with Crippen molar-refractivity contribution in [2.75, 3.05) is 12.0 Å². The first-order chi connectivity index (χ1) is 8.95. The molecule has 0 saturated carbocycles. The number of amides is 1. The summed E-state index contributed by atoms with van der Waals surface area (Å²) in [7, 11) is 1.35. The second-order valence-electron chi connectivity index (χ2n) is 4.79. The Balaban J connectivity index is 2.35. The molecule has 1 aromatic rings. The van der Waals surface area contributed by atoms with Gasteiger partial charge in [-0.2, -0.15) is 0 Å². The van der Waals surface area contributed by atoms with Crippen LogP contribution in [0.1, 0.15) is 18.9 Å². The highest BCUT2D eigenvalue weighted by molar-refractivity contribution is 9.10. The molecule has 0 aromatic heterocycles. The fraction of sp³-hybridized carbons (Fsp3) is 0.429. The minimum Gasteiger partial charge on any atom is -0.469 e. The largest absolute Gasteiger partial charge is 0.469 e. The molecule has 1 aliphatic heterocycles. The van der Waals surface area contributed by atoms with Gasteiger partial charge in [0, 0.05) is 16.9 Å². The fourth-order valence-corrected chi connectivity index (χ4v) is 3.14. The van der Waals surface area contributed by atoms with E-state index in [1.165, 1.54) is 7.11 Å². The molecule has 1 amide bonds. The lowest BCUT2D eigenvalue weighted by Crippen LogP contribution is -2.35. The Morgan fingerprint density at radius 1 is 1.47 bits per heavy atom. The highest BCUT2D eigenvalue weighted by Gasteiger charge is 2.42. The molecule has 5 heteroatoms. The molecular formula is C14H16BrNO3. The Morgan fingerprint density at radius 2 is 2.16 bits per heavy atom. The van der Waals surface area contributed by atoms with Crippen LogP contribution in [-0.4, -0.2) is 25.0 Å². The zero-order valence-corrected chi connectivity index (χ0v) is 12.7. The fourth-order valence-electron chi connectivity index (χ4n) is 2.46. The number of carbonyl (C=O) groups is 2. The van der Waals surface area contributed by atoms with Crippen LogP contribution in [0, 0.1) is 12.8 Å². The molecule has 4 nitrogen and oxygen atoms in total. The highest BCUT2D eigenvalue weighted by Crippen LogP contribution is 2.36. The predicted molar refractivity (Wildman–Crippen MR) is 76.0 cm³/mol. The van der Waals surface area contributed by atoms with Crippen LogP contribution in [0.3, 0.4) is 0 Å². The van der Waals surface area contributed by atoms with E-state index in [-0.39, 0.29) is 24.3 Å². The second kappa shape index (κ2) is 5.33. The van der Waals surface area contributed by atoms with Crippen molar-refractivity contribution < 1.29 is 14.3 Å². The smallest absolute Gasteiger partial charge is 0.311 e. The molecule has 1 fully saturated rings. The molecule has 1 heterocycles. The van der Waals surface area contributed by atoms with Gasteiger partial charge >= 0.3 is 5.97 Å². The number of aryl methyl sites for hydroxylation is 1. The summed E-state index contributed by atoms with van der Waals surface area (Å²) in [5.74, 6) is -0.773. The van der Waals surface area contributed by atoms with Crippen molar-refractivity contribution in [1.82, 2.24) is 0 Å². The number of carbonyl (C=O) groups excluding carboxylic acids is 2. The van der Waals surface area contributed by atoms with Crippen molar-refractivity contribution in [3.63, 3.8) is 0 Å². The van der Waals surface area contributed by atoms with Gasteiger partial charge in [-0.25, -0.2) is 0 Å². The summed E-state index contributed by atoms with van der Waals surface area (Å²) in [5, 5.41) is 0. The lowest BCUT2D eigenvalue weighted by atomic mass is 10.0. The predicted octanol–water partition coefficient (Wildman–Crippen LogP) is 2.67. The van der Waals surface area contributed by atoms with E-state index < -0.39 is 5.92 Å². The number of esters is 1. The van der Waals surface area contributed by atoms with Crippen LogP contribution >= 0.6 is 15.9 Å². The van der Waals surface area contributed by atoms with Gasteiger partial charge in [-0.15, -0.1) is 0 Å². The maximum Gasteiger partial charge on any atom is 0.311 e. The number of hydrogen-bond donors (Lipinski definition) is 0. The number of ether oxygens (including phenoxy) is 1. The van der Waals surface area contributed by atoms with Crippen LogP contribution in [0.5, 0.6) is 0 Å². The van der Waals surface area contributed by atoms with Gasteiger partial charge in [0.05, 0.1) is 18.7 Å². The summed E-state index contributed by atoms with van der Waals surface area (Å²) in [6, 6.07) is 5.61. The first-order valence-electron chi connectivity index (χ1n) is 6.11. The highest BCUT2D eigenvalue weighted by atomic mass is 79.9. The molecule has 0 spiro atoms. The summed E-state index contributed by atoms with van der Waals surface area (Å²) in [5.41, 5.74) is 1.91. The zero-order chi connectivity index (χ0) is 14.2. The van der Waals surface area contributed by atoms with Crippen molar-refractivity contribution in [3.05, 3.63) is 28.2 Å². The molecule has 2 rings (SSSR count). The van der Waals surface area contributed by atoms with E-state index in [1.807, 2.05) is 32.0 Å². The third-order valence-electron chi connectivity index (χ3n) is 3.52. The molecule has 2 unspecified atom stereocenters. The first-order valence-corrected chi connectivity index (χ1v) is 6.91. The van der Waals surface area contributed by atoms with Crippen LogP contribution in [0.15, 0.2) is 22.7 Å². The molecule has 102 valence electrons. The molecular weight excluding hydrogens is 310 g/mol. The van der Waals surface area contributed by atoms with E-state index >= 15 is 0 Å². The molecule has 0 N–H and O–H groups in total. The van der Waals surface area contributed by atoms with E-state index in [9.17, 15) is 9.59 Å². The Morgan fingerprint density at radius 3 is 2.74 bits per heavy atom. The van der Waals surface area contributed by atoms with Crippen LogP contribution in [-0.2, 0) is 14.3 Å². The minimum atomic E-state index is -0.397. The van der Waals surface area contributed by atoms with Crippen molar-refractivity contribution in [1.29, 1.82) is 0 Å². The van der Waals surface area contributed by atoms with Crippen LogP contribution in [0.2, 0.25) is 0 Å². The maximum atomic E-state index is 12.2. The Bertz CT molecular complexity index is 529. The molecule has 19 heavy (non-hydrogen) atoms. The molecule has 1 saturated heterocycles. The number of nitrogens with zero attached hydrogens (tertiary/aromatic N) is 1.